The summed E-state index contributed by atoms with van der Waals surface area (Å²) in [5, 5.41) is 10.1. The van der Waals surface area contributed by atoms with E-state index in [-0.39, 0.29) is 0 Å². The predicted octanol–water partition coefficient (Wildman–Crippen LogP) is 0.0699. The molecule has 1 atom stereocenters. The van der Waals surface area contributed by atoms with E-state index in [1.54, 1.807) is 0 Å². The second kappa shape index (κ2) is 8.04. The molecule has 0 aromatic heterocycles. The smallest absolute Gasteiger partial charge is 0.137 e. The lowest BCUT2D eigenvalue weighted by Gasteiger charge is -2.25. The van der Waals surface area contributed by atoms with Crippen LogP contribution in [0.5, 0.6) is 5.75 Å². The molecule has 2 N–H and O–H groups in total. The van der Waals surface area contributed by atoms with E-state index in [4.69, 9.17) is 9.47 Å². The minimum Gasteiger partial charge on any atom is -0.490 e. The Bertz CT molecular complexity index is 416. The van der Waals surface area contributed by atoms with Gasteiger partial charge in [-0.2, -0.15) is 0 Å². The number of allylic oxidation sites excluding steroid dienone is 1. The van der Waals surface area contributed by atoms with Crippen molar-refractivity contribution in [2.45, 2.75) is 12.5 Å². The lowest BCUT2D eigenvalue weighted by Crippen LogP contribution is -3.15. The molecule has 20 heavy (non-hydrogen) atoms. The highest BCUT2D eigenvalue weighted by Crippen LogP contribution is 2.18. The van der Waals surface area contributed by atoms with Crippen LogP contribution in [0.25, 0.3) is 0 Å². The molecule has 4 nitrogen and oxygen atoms in total. The fraction of sp³-hybridized carbons (Fsp3) is 0.500. The average molecular weight is 278 g/mol. The first-order chi connectivity index (χ1) is 9.79. The van der Waals surface area contributed by atoms with Gasteiger partial charge in [0, 0.05) is 0 Å². The molecule has 1 fully saturated rings. The number of hydrogen-bond acceptors (Lipinski definition) is 3. The van der Waals surface area contributed by atoms with Crippen molar-refractivity contribution in [1.82, 2.24) is 0 Å². The molecule has 110 valence electrons. The van der Waals surface area contributed by atoms with Crippen molar-refractivity contribution in [3.05, 3.63) is 42.5 Å². The number of quaternary nitrogens is 1. The van der Waals surface area contributed by atoms with Crippen LogP contribution < -0.4 is 9.64 Å². The number of morpholine rings is 1. The van der Waals surface area contributed by atoms with E-state index >= 15 is 0 Å². The summed E-state index contributed by atoms with van der Waals surface area (Å²) in [4.78, 5) is 1.38. The number of rotatable bonds is 7. The molecule has 1 heterocycles. The minimum absolute atomic E-state index is 0.332. The molecule has 0 amide bonds. The normalized spacial score (nSPS) is 17.6. The highest BCUT2D eigenvalue weighted by Gasteiger charge is 2.18. The SMILES string of the molecule is C=CCc1ccccc1OCC(O)C[NH+]1CCOCC1. The Morgan fingerprint density at radius 3 is 2.85 bits per heavy atom. The quantitative estimate of drug-likeness (QED) is 0.694. The summed E-state index contributed by atoms with van der Waals surface area (Å²) in [6.45, 7) is 8.29. The summed E-state index contributed by atoms with van der Waals surface area (Å²) in [6, 6.07) is 7.89. The molecular formula is C16H24NO3+. The van der Waals surface area contributed by atoms with Gasteiger partial charge in [-0.05, 0) is 18.1 Å². The highest BCUT2D eigenvalue weighted by atomic mass is 16.5. The molecule has 1 aliphatic heterocycles. The summed E-state index contributed by atoms with van der Waals surface area (Å²) in [6.07, 6.45) is 2.19. The molecule has 4 heteroatoms. The third-order valence-electron chi connectivity index (χ3n) is 3.49. The van der Waals surface area contributed by atoms with Crippen LogP contribution in [0.4, 0.5) is 0 Å². The maximum Gasteiger partial charge on any atom is 0.137 e. The number of hydrogen-bond donors (Lipinski definition) is 2. The molecule has 0 bridgehead atoms. The zero-order valence-corrected chi connectivity index (χ0v) is 11.9. The van der Waals surface area contributed by atoms with Gasteiger partial charge in [-0.3, -0.25) is 0 Å². The van der Waals surface area contributed by atoms with Crippen LogP contribution in [-0.4, -0.2) is 50.7 Å². The van der Waals surface area contributed by atoms with Gasteiger partial charge in [-0.1, -0.05) is 24.3 Å². The largest absolute Gasteiger partial charge is 0.490 e. The zero-order chi connectivity index (χ0) is 14.2. The lowest BCUT2D eigenvalue weighted by molar-refractivity contribution is -0.911. The van der Waals surface area contributed by atoms with Gasteiger partial charge in [0.05, 0.1) is 13.2 Å². The Morgan fingerprint density at radius 1 is 1.35 bits per heavy atom. The van der Waals surface area contributed by atoms with Gasteiger partial charge < -0.3 is 19.5 Å². The zero-order valence-electron chi connectivity index (χ0n) is 11.9. The van der Waals surface area contributed by atoms with Crippen LogP contribution >= 0.6 is 0 Å². The first-order valence-corrected chi connectivity index (χ1v) is 7.20. The van der Waals surface area contributed by atoms with E-state index < -0.39 is 6.10 Å². The van der Waals surface area contributed by atoms with Gasteiger partial charge in [-0.25, -0.2) is 0 Å². The van der Waals surface area contributed by atoms with Crippen molar-refractivity contribution in [3.8, 4) is 5.75 Å². The first kappa shape index (κ1) is 15.0. The molecule has 1 aromatic carbocycles. The van der Waals surface area contributed by atoms with Gasteiger partial charge in [0.15, 0.2) is 0 Å². The van der Waals surface area contributed by atoms with Crippen LogP contribution in [0, 0.1) is 0 Å². The highest BCUT2D eigenvalue weighted by molar-refractivity contribution is 5.34. The second-order valence-corrected chi connectivity index (χ2v) is 5.13. The predicted molar refractivity (Wildman–Crippen MR) is 78.2 cm³/mol. The lowest BCUT2D eigenvalue weighted by atomic mass is 10.1. The Kier molecular flexibility index (Phi) is 6.05. The molecule has 2 rings (SSSR count). The van der Waals surface area contributed by atoms with Crippen molar-refractivity contribution in [1.29, 1.82) is 0 Å². The Morgan fingerprint density at radius 2 is 2.10 bits per heavy atom. The van der Waals surface area contributed by atoms with E-state index in [1.165, 1.54) is 4.90 Å². The number of para-hydroxylation sites is 1. The second-order valence-electron chi connectivity index (χ2n) is 5.13. The topological polar surface area (TPSA) is 43.1 Å². The van der Waals surface area contributed by atoms with Crippen LogP contribution in [0.2, 0.25) is 0 Å². The van der Waals surface area contributed by atoms with Crippen molar-refractivity contribution in [2.24, 2.45) is 0 Å². The standard InChI is InChI=1S/C16H23NO3/c1-2-5-14-6-3-4-7-16(14)20-13-15(18)12-17-8-10-19-11-9-17/h2-4,6-7,15,18H,1,5,8-13H2/p+1. The number of aliphatic hydroxyl groups excluding tert-OH is 1. The fourth-order valence-electron chi connectivity index (χ4n) is 2.41. The molecule has 1 aromatic rings. The Labute approximate surface area is 120 Å². The van der Waals surface area contributed by atoms with Crippen molar-refractivity contribution >= 4 is 0 Å². The molecule has 0 radical (unpaired) electrons. The third-order valence-corrected chi connectivity index (χ3v) is 3.49. The third kappa shape index (κ3) is 4.63. The van der Waals surface area contributed by atoms with Crippen LogP contribution in [-0.2, 0) is 11.2 Å². The van der Waals surface area contributed by atoms with Crippen molar-refractivity contribution < 1.29 is 19.5 Å². The Balaban J connectivity index is 1.80. The average Bonchev–Trinajstić information content (AvgIpc) is 2.48. The maximum absolute atomic E-state index is 10.1. The summed E-state index contributed by atoms with van der Waals surface area (Å²) in [5.41, 5.74) is 1.11. The fourth-order valence-corrected chi connectivity index (χ4v) is 2.41. The van der Waals surface area contributed by atoms with Gasteiger partial charge >= 0.3 is 0 Å². The van der Waals surface area contributed by atoms with E-state index in [0.717, 1.165) is 44.0 Å². The monoisotopic (exact) mass is 278 g/mol. The van der Waals surface area contributed by atoms with Crippen LogP contribution in [0.15, 0.2) is 36.9 Å². The van der Waals surface area contributed by atoms with E-state index in [2.05, 4.69) is 6.58 Å². The van der Waals surface area contributed by atoms with Gasteiger partial charge in [0.25, 0.3) is 0 Å². The summed E-state index contributed by atoms with van der Waals surface area (Å²) >= 11 is 0. The first-order valence-electron chi connectivity index (χ1n) is 7.20. The molecule has 0 spiro atoms. The van der Waals surface area contributed by atoms with E-state index in [0.29, 0.717) is 13.2 Å². The minimum atomic E-state index is -0.445. The maximum atomic E-state index is 10.1. The molecule has 1 aliphatic rings. The van der Waals surface area contributed by atoms with Gasteiger partial charge in [-0.15, -0.1) is 6.58 Å². The van der Waals surface area contributed by atoms with Gasteiger partial charge in [0.2, 0.25) is 0 Å². The van der Waals surface area contributed by atoms with Gasteiger partial charge in [0.1, 0.15) is 38.1 Å². The van der Waals surface area contributed by atoms with E-state index in [9.17, 15) is 5.11 Å². The summed E-state index contributed by atoms with van der Waals surface area (Å²) in [5.74, 6) is 0.837. The van der Waals surface area contributed by atoms with Crippen LogP contribution in [0.3, 0.4) is 0 Å². The molecule has 1 saturated heterocycles. The molecule has 1 unspecified atom stereocenters. The molecule has 0 saturated carbocycles. The molecule has 0 aliphatic carbocycles. The van der Waals surface area contributed by atoms with Crippen LogP contribution in [0.1, 0.15) is 5.56 Å². The summed E-state index contributed by atoms with van der Waals surface area (Å²) < 4.78 is 11.1. The molecular weight excluding hydrogens is 254 g/mol. The number of nitrogens with one attached hydrogen (secondary N) is 1. The number of aliphatic hydroxyl groups is 1. The van der Waals surface area contributed by atoms with Crippen molar-refractivity contribution in [3.63, 3.8) is 0 Å². The Hall–Kier alpha value is -1.36. The summed E-state index contributed by atoms with van der Waals surface area (Å²) in [7, 11) is 0. The van der Waals surface area contributed by atoms with E-state index in [1.807, 2.05) is 30.3 Å². The van der Waals surface area contributed by atoms with Crippen molar-refractivity contribution in [2.75, 3.05) is 39.5 Å². The number of benzene rings is 1. The number of ether oxygens (including phenoxy) is 2.